The molecule has 0 saturated carbocycles. The molecule has 2 aromatic rings. The van der Waals surface area contributed by atoms with Crippen LogP contribution >= 0.6 is 0 Å². The van der Waals surface area contributed by atoms with Gasteiger partial charge in [-0.05, 0) is 48.6 Å². The van der Waals surface area contributed by atoms with Crippen molar-refractivity contribution in [3.63, 3.8) is 0 Å². The summed E-state index contributed by atoms with van der Waals surface area (Å²) in [4.78, 5) is 0. The van der Waals surface area contributed by atoms with E-state index < -0.39 is 0 Å². The molecule has 0 aliphatic rings. The lowest BCUT2D eigenvalue weighted by Gasteiger charge is -2.14. The van der Waals surface area contributed by atoms with E-state index in [1.807, 2.05) is 6.07 Å². The largest absolute Gasteiger partial charge is 0.492 e. The molecular formula is C17H21NO. The van der Waals surface area contributed by atoms with Crippen LogP contribution in [-0.4, -0.2) is 13.2 Å². The lowest BCUT2D eigenvalue weighted by molar-refractivity contribution is 0.326. The fraction of sp³-hybridized carbons (Fsp3) is 0.294. The Labute approximate surface area is 115 Å². The van der Waals surface area contributed by atoms with Crippen LogP contribution < -0.4 is 10.5 Å². The molecule has 2 heteroatoms. The molecule has 100 valence electrons. The van der Waals surface area contributed by atoms with Gasteiger partial charge in [-0.2, -0.15) is 0 Å². The molecular weight excluding hydrogens is 234 g/mol. The average Bonchev–Trinajstić information content (AvgIpc) is 2.44. The Hall–Kier alpha value is -1.80. The summed E-state index contributed by atoms with van der Waals surface area (Å²) in [7, 11) is 0. The maximum Gasteiger partial charge on any atom is 0.122 e. The van der Waals surface area contributed by atoms with Gasteiger partial charge in [0.05, 0.1) is 0 Å². The standard InChI is InChI=1S/C17H21NO/c1-13-14(2)17(19-11-10-18)9-8-16(13)12-15-6-4-3-5-7-15/h3-9H,10-12,18H2,1-2H3. The van der Waals surface area contributed by atoms with E-state index >= 15 is 0 Å². The van der Waals surface area contributed by atoms with Gasteiger partial charge < -0.3 is 10.5 Å². The van der Waals surface area contributed by atoms with Crippen LogP contribution in [0.4, 0.5) is 0 Å². The fourth-order valence-corrected chi connectivity index (χ4v) is 2.18. The minimum atomic E-state index is 0.546. The van der Waals surface area contributed by atoms with Crippen LogP contribution in [0.3, 0.4) is 0 Å². The lowest BCUT2D eigenvalue weighted by atomic mass is 9.97. The van der Waals surface area contributed by atoms with Crippen LogP contribution in [0, 0.1) is 13.8 Å². The maximum atomic E-state index is 5.65. The second kappa shape index (κ2) is 6.39. The third-order valence-electron chi connectivity index (χ3n) is 3.46. The second-order valence-corrected chi connectivity index (χ2v) is 4.77. The van der Waals surface area contributed by atoms with Gasteiger partial charge in [-0.15, -0.1) is 0 Å². The molecule has 0 spiro atoms. The molecule has 2 rings (SSSR count). The van der Waals surface area contributed by atoms with Crippen molar-refractivity contribution in [1.29, 1.82) is 0 Å². The molecule has 0 amide bonds. The molecule has 0 aromatic heterocycles. The molecule has 2 aromatic carbocycles. The van der Waals surface area contributed by atoms with Crippen LogP contribution in [0.25, 0.3) is 0 Å². The van der Waals surface area contributed by atoms with E-state index in [4.69, 9.17) is 10.5 Å². The van der Waals surface area contributed by atoms with E-state index in [2.05, 4.69) is 50.2 Å². The highest BCUT2D eigenvalue weighted by Gasteiger charge is 2.07. The average molecular weight is 255 g/mol. The van der Waals surface area contributed by atoms with Crippen molar-refractivity contribution in [2.45, 2.75) is 20.3 Å². The van der Waals surface area contributed by atoms with Crippen molar-refractivity contribution < 1.29 is 4.74 Å². The van der Waals surface area contributed by atoms with Crippen LogP contribution in [0.15, 0.2) is 42.5 Å². The zero-order valence-electron chi connectivity index (χ0n) is 11.6. The molecule has 19 heavy (non-hydrogen) atoms. The first-order valence-electron chi connectivity index (χ1n) is 6.68. The van der Waals surface area contributed by atoms with Crippen LogP contribution in [0.2, 0.25) is 0 Å². The SMILES string of the molecule is Cc1c(Cc2ccccc2)ccc(OCCN)c1C. The molecule has 0 aliphatic carbocycles. The van der Waals surface area contributed by atoms with Gasteiger partial charge in [-0.1, -0.05) is 36.4 Å². The zero-order valence-corrected chi connectivity index (χ0v) is 11.6. The topological polar surface area (TPSA) is 35.2 Å². The highest BCUT2D eigenvalue weighted by Crippen LogP contribution is 2.25. The summed E-state index contributed by atoms with van der Waals surface area (Å²) in [5.74, 6) is 0.944. The van der Waals surface area contributed by atoms with Crippen LogP contribution in [0.5, 0.6) is 5.75 Å². The van der Waals surface area contributed by atoms with Crippen molar-refractivity contribution in [1.82, 2.24) is 0 Å². The summed E-state index contributed by atoms with van der Waals surface area (Å²) >= 11 is 0. The van der Waals surface area contributed by atoms with Crippen molar-refractivity contribution >= 4 is 0 Å². The third-order valence-corrected chi connectivity index (χ3v) is 3.46. The predicted molar refractivity (Wildman–Crippen MR) is 79.7 cm³/mol. The summed E-state index contributed by atoms with van der Waals surface area (Å²) in [5.41, 5.74) is 10.7. The summed E-state index contributed by atoms with van der Waals surface area (Å²) in [6.45, 7) is 5.38. The minimum Gasteiger partial charge on any atom is -0.492 e. The molecule has 2 N–H and O–H groups in total. The molecule has 0 heterocycles. The van der Waals surface area contributed by atoms with Crippen molar-refractivity contribution in [3.8, 4) is 5.75 Å². The van der Waals surface area contributed by atoms with E-state index in [0.29, 0.717) is 13.2 Å². The lowest BCUT2D eigenvalue weighted by Crippen LogP contribution is -2.11. The van der Waals surface area contributed by atoms with E-state index in [0.717, 1.165) is 12.2 Å². The number of nitrogens with two attached hydrogens (primary N) is 1. The van der Waals surface area contributed by atoms with Gasteiger partial charge in [0.2, 0.25) is 0 Å². The number of hydrogen-bond acceptors (Lipinski definition) is 2. The van der Waals surface area contributed by atoms with Gasteiger partial charge in [0, 0.05) is 6.54 Å². The molecule has 2 nitrogen and oxygen atoms in total. The predicted octanol–water partition coefficient (Wildman–Crippen LogP) is 3.23. The van der Waals surface area contributed by atoms with Gasteiger partial charge in [0.25, 0.3) is 0 Å². The Balaban J connectivity index is 2.21. The Kier molecular flexibility index (Phi) is 4.58. The number of benzene rings is 2. The first-order chi connectivity index (χ1) is 9.22. The van der Waals surface area contributed by atoms with Gasteiger partial charge >= 0.3 is 0 Å². The van der Waals surface area contributed by atoms with Crippen molar-refractivity contribution in [3.05, 3.63) is 64.7 Å². The third kappa shape index (κ3) is 3.36. The smallest absolute Gasteiger partial charge is 0.122 e. The van der Waals surface area contributed by atoms with Gasteiger partial charge in [-0.25, -0.2) is 0 Å². The molecule has 0 unspecified atom stereocenters. The number of rotatable bonds is 5. The quantitative estimate of drug-likeness (QED) is 0.890. The summed E-state index contributed by atoms with van der Waals surface area (Å²) in [6, 6.07) is 14.7. The van der Waals surface area contributed by atoms with E-state index in [1.54, 1.807) is 0 Å². The highest BCUT2D eigenvalue weighted by molar-refractivity contribution is 5.45. The van der Waals surface area contributed by atoms with Crippen molar-refractivity contribution in [2.75, 3.05) is 13.2 Å². The molecule has 0 bridgehead atoms. The zero-order chi connectivity index (χ0) is 13.7. The second-order valence-electron chi connectivity index (χ2n) is 4.77. The van der Waals surface area contributed by atoms with E-state index in [9.17, 15) is 0 Å². The fourth-order valence-electron chi connectivity index (χ4n) is 2.18. The maximum absolute atomic E-state index is 5.65. The molecule has 0 aliphatic heterocycles. The monoisotopic (exact) mass is 255 g/mol. The summed E-state index contributed by atoms with van der Waals surface area (Å²) < 4.78 is 5.65. The number of hydrogen-bond donors (Lipinski definition) is 1. The first-order valence-corrected chi connectivity index (χ1v) is 6.68. The Morgan fingerprint density at radius 3 is 2.37 bits per heavy atom. The molecule has 0 fully saturated rings. The Morgan fingerprint density at radius 2 is 1.68 bits per heavy atom. The van der Waals surface area contributed by atoms with E-state index in [-0.39, 0.29) is 0 Å². The first kappa shape index (κ1) is 13.6. The molecule has 0 atom stereocenters. The van der Waals surface area contributed by atoms with Crippen molar-refractivity contribution in [2.24, 2.45) is 5.73 Å². The molecule has 0 radical (unpaired) electrons. The van der Waals surface area contributed by atoms with Gasteiger partial charge in [0.1, 0.15) is 12.4 Å². The van der Waals surface area contributed by atoms with Crippen LogP contribution in [-0.2, 0) is 6.42 Å². The Morgan fingerprint density at radius 1 is 0.947 bits per heavy atom. The normalized spacial score (nSPS) is 10.5. The van der Waals surface area contributed by atoms with Crippen LogP contribution in [0.1, 0.15) is 22.3 Å². The van der Waals surface area contributed by atoms with Gasteiger partial charge in [0.15, 0.2) is 0 Å². The summed E-state index contributed by atoms with van der Waals surface area (Å²) in [5, 5.41) is 0. The minimum absolute atomic E-state index is 0.546. The Bertz CT molecular complexity index is 534. The summed E-state index contributed by atoms with van der Waals surface area (Å²) in [6.07, 6.45) is 0.963. The van der Waals surface area contributed by atoms with E-state index in [1.165, 1.54) is 22.3 Å². The highest BCUT2D eigenvalue weighted by atomic mass is 16.5. The van der Waals surface area contributed by atoms with Gasteiger partial charge in [-0.3, -0.25) is 0 Å². The molecule has 0 saturated heterocycles. The number of ether oxygens (including phenoxy) is 1.